The summed E-state index contributed by atoms with van der Waals surface area (Å²) in [5.41, 5.74) is 0.913. The first-order chi connectivity index (χ1) is 7.27. The summed E-state index contributed by atoms with van der Waals surface area (Å²) in [6.07, 6.45) is -8.56. The Hall–Kier alpha value is -1.31. The molecule has 0 spiro atoms. The van der Waals surface area contributed by atoms with Gasteiger partial charge in [-0.2, -0.15) is 17.6 Å². The minimum atomic E-state index is -5.04. The lowest BCUT2D eigenvalue weighted by molar-refractivity contribution is -0.140. The van der Waals surface area contributed by atoms with Gasteiger partial charge in [-0.05, 0) is 11.6 Å². The summed E-state index contributed by atoms with van der Waals surface area (Å²) in [7, 11) is 0. The summed E-state index contributed by atoms with van der Waals surface area (Å²) in [5, 5.41) is 0. The third-order valence-corrected chi connectivity index (χ3v) is 1.81. The highest BCUT2D eigenvalue weighted by Crippen LogP contribution is 2.37. The van der Waals surface area contributed by atoms with E-state index < -0.39 is 41.9 Å². The maximum atomic E-state index is 12.7. The largest absolute Gasteiger partial charge is 0.418 e. The molecule has 0 aliphatic carbocycles. The van der Waals surface area contributed by atoms with Gasteiger partial charge in [-0.1, -0.05) is 0 Å². The molecule has 2 N–H and O–H groups in total. The smallest absolute Gasteiger partial charge is 0.326 e. The quantitative estimate of drug-likeness (QED) is 0.641. The van der Waals surface area contributed by atoms with Crippen molar-refractivity contribution in [3.8, 4) is 0 Å². The molecule has 0 unspecified atom stereocenters. The highest BCUT2D eigenvalue weighted by atomic mass is 19.4. The number of pyridine rings is 1. The lowest BCUT2D eigenvalue weighted by Crippen LogP contribution is -2.17. The van der Waals surface area contributed by atoms with Gasteiger partial charge >= 0.3 is 6.18 Å². The van der Waals surface area contributed by atoms with E-state index in [9.17, 15) is 26.3 Å². The van der Waals surface area contributed by atoms with Gasteiger partial charge in [-0.15, -0.1) is 0 Å². The minimum Gasteiger partial charge on any atom is -0.326 e. The number of hydrogen-bond donors (Lipinski definition) is 1. The standard InChI is InChI=1S/C8H6F6N2/c9-4-1-3(2-15)5(8(12,13)14)6(16-4)7(10)11/h1,7H,2,15H2. The van der Waals surface area contributed by atoms with Crippen LogP contribution in [0.5, 0.6) is 0 Å². The van der Waals surface area contributed by atoms with E-state index in [2.05, 4.69) is 4.98 Å². The van der Waals surface area contributed by atoms with Gasteiger partial charge in [-0.3, -0.25) is 0 Å². The van der Waals surface area contributed by atoms with Crippen LogP contribution in [0.1, 0.15) is 23.2 Å². The molecule has 0 aliphatic rings. The minimum absolute atomic E-state index is 0.398. The number of rotatable bonds is 2. The number of alkyl halides is 5. The molecule has 1 aromatic heterocycles. The molecular weight excluding hydrogens is 238 g/mol. The third-order valence-electron chi connectivity index (χ3n) is 1.81. The second-order valence-corrected chi connectivity index (χ2v) is 2.87. The van der Waals surface area contributed by atoms with Gasteiger partial charge in [0.05, 0.1) is 5.56 Å². The van der Waals surface area contributed by atoms with Crippen molar-refractivity contribution in [2.45, 2.75) is 19.1 Å². The number of hydrogen-bond acceptors (Lipinski definition) is 2. The SMILES string of the molecule is NCc1cc(F)nc(C(F)F)c1C(F)(F)F. The molecule has 8 heteroatoms. The summed E-state index contributed by atoms with van der Waals surface area (Å²) in [6, 6.07) is 0.398. The van der Waals surface area contributed by atoms with E-state index >= 15 is 0 Å². The zero-order valence-electron chi connectivity index (χ0n) is 7.65. The number of nitrogens with two attached hydrogens (primary N) is 1. The van der Waals surface area contributed by atoms with E-state index in [1.54, 1.807) is 0 Å². The van der Waals surface area contributed by atoms with Crippen LogP contribution in [0.25, 0.3) is 0 Å². The van der Waals surface area contributed by atoms with Crippen molar-refractivity contribution in [2.24, 2.45) is 5.73 Å². The van der Waals surface area contributed by atoms with Crippen LogP contribution in [0.15, 0.2) is 6.07 Å². The maximum Gasteiger partial charge on any atom is 0.418 e. The maximum absolute atomic E-state index is 12.7. The van der Waals surface area contributed by atoms with Crippen LogP contribution in [0.3, 0.4) is 0 Å². The van der Waals surface area contributed by atoms with Crippen LogP contribution < -0.4 is 5.73 Å². The molecule has 0 saturated heterocycles. The number of nitrogens with zero attached hydrogens (tertiary/aromatic N) is 1. The fraction of sp³-hybridized carbons (Fsp3) is 0.375. The van der Waals surface area contributed by atoms with Crippen molar-refractivity contribution < 1.29 is 26.3 Å². The molecule has 0 amide bonds. The molecule has 0 aliphatic heterocycles. The molecule has 0 atom stereocenters. The lowest BCUT2D eigenvalue weighted by atomic mass is 10.1. The van der Waals surface area contributed by atoms with Crippen LogP contribution in [0.2, 0.25) is 0 Å². The fourth-order valence-electron chi connectivity index (χ4n) is 1.23. The molecule has 2 nitrogen and oxygen atoms in total. The molecule has 0 aromatic carbocycles. The van der Waals surface area contributed by atoms with Crippen LogP contribution in [0, 0.1) is 5.95 Å². The Kier molecular flexibility index (Phi) is 3.41. The molecule has 1 aromatic rings. The first-order valence-corrected chi connectivity index (χ1v) is 4.02. The van der Waals surface area contributed by atoms with E-state index in [0.717, 1.165) is 0 Å². The molecule has 0 fully saturated rings. The Morgan fingerprint density at radius 2 is 1.88 bits per heavy atom. The van der Waals surface area contributed by atoms with Gasteiger partial charge in [0.2, 0.25) is 5.95 Å². The average molecular weight is 244 g/mol. The second kappa shape index (κ2) is 4.28. The van der Waals surface area contributed by atoms with Gasteiger partial charge < -0.3 is 5.73 Å². The highest BCUT2D eigenvalue weighted by molar-refractivity contribution is 5.33. The molecule has 1 rings (SSSR count). The first kappa shape index (κ1) is 12.8. The zero-order chi connectivity index (χ0) is 12.5. The van der Waals surface area contributed by atoms with Crippen molar-refractivity contribution in [1.29, 1.82) is 0 Å². The number of halogens is 6. The summed E-state index contributed by atoms with van der Waals surface area (Å²) in [5.74, 6) is -1.41. The Bertz CT molecular complexity index is 387. The van der Waals surface area contributed by atoms with Crippen molar-refractivity contribution in [2.75, 3.05) is 0 Å². The molecule has 0 saturated carbocycles. The van der Waals surface area contributed by atoms with Gasteiger partial charge in [0.15, 0.2) is 0 Å². The predicted molar refractivity (Wildman–Crippen MR) is 42.0 cm³/mol. The Balaban J connectivity index is 3.52. The lowest BCUT2D eigenvalue weighted by Gasteiger charge is -2.15. The molecule has 1 heterocycles. The molecule has 16 heavy (non-hydrogen) atoms. The van der Waals surface area contributed by atoms with Crippen molar-refractivity contribution in [3.05, 3.63) is 28.8 Å². The molecule has 0 bridgehead atoms. The van der Waals surface area contributed by atoms with E-state index in [4.69, 9.17) is 5.73 Å². The third kappa shape index (κ3) is 2.43. The van der Waals surface area contributed by atoms with Gasteiger partial charge in [0.1, 0.15) is 5.69 Å². The van der Waals surface area contributed by atoms with Crippen LogP contribution in [-0.4, -0.2) is 4.98 Å². The predicted octanol–water partition coefficient (Wildman–Crippen LogP) is 2.64. The normalized spacial score (nSPS) is 12.2. The average Bonchev–Trinajstić information content (AvgIpc) is 2.14. The summed E-state index contributed by atoms with van der Waals surface area (Å²) >= 11 is 0. The monoisotopic (exact) mass is 244 g/mol. The topological polar surface area (TPSA) is 38.9 Å². The van der Waals surface area contributed by atoms with E-state index in [1.807, 2.05) is 0 Å². The van der Waals surface area contributed by atoms with Gasteiger partial charge in [0, 0.05) is 6.54 Å². The highest BCUT2D eigenvalue weighted by Gasteiger charge is 2.39. The Morgan fingerprint density at radius 1 is 1.31 bits per heavy atom. The van der Waals surface area contributed by atoms with Gasteiger partial charge in [-0.25, -0.2) is 13.8 Å². The van der Waals surface area contributed by atoms with E-state index in [-0.39, 0.29) is 0 Å². The fourth-order valence-corrected chi connectivity index (χ4v) is 1.23. The summed E-state index contributed by atoms with van der Waals surface area (Å²) in [4.78, 5) is 2.56. The van der Waals surface area contributed by atoms with E-state index in [1.165, 1.54) is 0 Å². The van der Waals surface area contributed by atoms with E-state index in [0.29, 0.717) is 6.07 Å². The van der Waals surface area contributed by atoms with Crippen LogP contribution in [0.4, 0.5) is 26.3 Å². The summed E-state index contributed by atoms with van der Waals surface area (Å²) in [6.45, 7) is -0.700. The van der Waals surface area contributed by atoms with Crippen molar-refractivity contribution in [1.82, 2.24) is 4.98 Å². The Morgan fingerprint density at radius 3 is 2.25 bits per heavy atom. The molecule has 90 valence electrons. The first-order valence-electron chi connectivity index (χ1n) is 4.02. The Labute approximate surface area is 86.1 Å². The molecular formula is C8H6F6N2. The van der Waals surface area contributed by atoms with Gasteiger partial charge in [0.25, 0.3) is 6.43 Å². The van der Waals surface area contributed by atoms with Crippen molar-refractivity contribution in [3.63, 3.8) is 0 Å². The van der Waals surface area contributed by atoms with Crippen LogP contribution in [-0.2, 0) is 12.7 Å². The number of aromatic nitrogens is 1. The molecule has 0 radical (unpaired) electrons. The summed E-state index contributed by atoms with van der Waals surface area (Å²) < 4.78 is 74.6. The van der Waals surface area contributed by atoms with Crippen molar-refractivity contribution >= 4 is 0 Å². The van der Waals surface area contributed by atoms with Crippen LogP contribution >= 0.6 is 0 Å². The second-order valence-electron chi connectivity index (χ2n) is 2.87. The zero-order valence-corrected chi connectivity index (χ0v) is 7.65.